The van der Waals surface area contributed by atoms with Crippen molar-refractivity contribution >= 4 is 5.91 Å². The Hall–Kier alpha value is -1.38. The highest BCUT2D eigenvalue weighted by atomic mass is 16.2. The first kappa shape index (κ1) is 9.82. The zero-order chi connectivity index (χ0) is 11.2. The summed E-state index contributed by atoms with van der Waals surface area (Å²) in [5.74, 6) is 0.0718. The van der Waals surface area contributed by atoms with E-state index in [1.165, 1.54) is 19.3 Å². The largest absolute Gasteiger partial charge is 0.341 e. The first-order chi connectivity index (χ1) is 7.73. The fourth-order valence-electron chi connectivity index (χ4n) is 3.06. The van der Waals surface area contributed by atoms with Gasteiger partial charge in [0.1, 0.15) is 0 Å². The fraction of sp³-hybridized carbons (Fsp3) is 0.538. The second kappa shape index (κ2) is 3.30. The molecule has 16 heavy (non-hydrogen) atoms. The number of nitrogens with zero attached hydrogens (tertiary/aromatic N) is 1. The van der Waals surface area contributed by atoms with Gasteiger partial charge in [0, 0.05) is 6.20 Å². The van der Waals surface area contributed by atoms with Crippen LogP contribution in [0.2, 0.25) is 0 Å². The molecule has 0 bridgehead atoms. The molecule has 1 N–H and O–H groups in total. The Bertz CT molecular complexity index is 447. The van der Waals surface area contributed by atoms with Crippen LogP contribution in [0.15, 0.2) is 12.3 Å². The number of nitrogens with one attached hydrogen (secondary N) is 1. The highest BCUT2D eigenvalue weighted by Crippen LogP contribution is 2.41. The zero-order valence-corrected chi connectivity index (χ0v) is 9.55. The third-order valence-corrected chi connectivity index (χ3v) is 3.90. The number of carbonyl (C=O) groups excluding carboxylic acids is 1. The van der Waals surface area contributed by atoms with Crippen molar-refractivity contribution in [3.63, 3.8) is 0 Å². The standard InChI is InChI=1S/C13H16N2O/c1-9-5-8-14-11-10(9)12(16)15-13(11)6-3-2-4-7-13/h5,8H,2-4,6-7H2,1H3,(H,15,16). The number of aryl methyl sites for hydroxylation is 1. The molecule has 1 saturated carbocycles. The molecule has 0 unspecified atom stereocenters. The summed E-state index contributed by atoms with van der Waals surface area (Å²) in [6.07, 6.45) is 7.57. The molecule has 0 atom stereocenters. The van der Waals surface area contributed by atoms with Gasteiger partial charge in [0.15, 0.2) is 0 Å². The average molecular weight is 216 g/mol. The summed E-state index contributed by atoms with van der Waals surface area (Å²) in [6, 6.07) is 1.92. The van der Waals surface area contributed by atoms with E-state index in [1.54, 1.807) is 0 Å². The van der Waals surface area contributed by atoms with Crippen molar-refractivity contribution in [3.05, 3.63) is 29.1 Å². The van der Waals surface area contributed by atoms with Crippen LogP contribution in [0.3, 0.4) is 0 Å². The van der Waals surface area contributed by atoms with Gasteiger partial charge in [0.05, 0.1) is 16.8 Å². The van der Waals surface area contributed by atoms with Gasteiger partial charge in [-0.2, -0.15) is 0 Å². The van der Waals surface area contributed by atoms with Crippen molar-refractivity contribution < 1.29 is 4.79 Å². The Morgan fingerprint density at radius 2 is 2.06 bits per heavy atom. The summed E-state index contributed by atoms with van der Waals surface area (Å²) in [4.78, 5) is 16.5. The molecular weight excluding hydrogens is 200 g/mol. The lowest BCUT2D eigenvalue weighted by molar-refractivity contribution is 0.0908. The maximum absolute atomic E-state index is 12.0. The Morgan fingerprint density at radius 3 is 2.81 bits per heavy atom. The molecular formula is C13H16N2O. The van der Waals surface area contributed by atoms with Crippen LogP contribution in [0.25, 0.3) is 0 Å². The molecule has 0 aromatic carbocycles. The molecule has 1 fully saturated rings. The highest BCUT2D eigenvalue weighted by molar-refractivity contribution is 6.00. The van der Waals surface area contributed by atoms with Crippen LogP contribution in [0, 0.1) is 6.92 Å². The Balaban J connectivity index is 2.14. The Morgan fingerprint density at radius 1 is 1.31 bits per heavy atom. The molecule has 1 aromatic rings. The van der Waals surface area contributed by atoms with Crippen molar-refractivity contribution in [1.82, 2.24) is 10.3 Å². The fourth-order valence-corrected chi connectivity index (χ4v) is 3.06. The van der Waals surface area contributed by atoms with E-state index in [-0.39, 0.29) is 11.4 Å². The SMILES string of the molecule is Cc1ccnc2c1C(=O)NC21CCCCC1. The number of fused-ring (bicyclic) bond motifs is 2. The predicted molar refractivity (Wildman–Crippen MR) is 61.2 cm³/mol. The average Bonchev–Trinajstić information content (AvgIpc) is 2.55. The summed E-state index contributed by atoms with van der Waals surface area (Å²) in [5, 5.41) is 3.17. The van der Waals surface area contributed by atoms with E-state index in [4.69, 9.17) is 0 Å². The van der Waals surface area contributed by atoms with E-state index in [0.29, 0.717) is 0 Å². The van der Waals surface area contributed by atoms with Crippen LogP contribution in [0.4, 0.5) is 0 Å². The molecule has 1 aliphatic heterocycles. The minimum absolute atomic E-state index is 0.0718. The van der Waals surface area contributed by atoms with Crippen LogP contribution in [0.5, 0.6) is 0 Å². The molecule has 0 saturated heterocycles. The van der Waals surface area contributed by atoms with E-state index in [2.05, 4.69) is 10.3 Å². The van der Waals surface area contributed by atoms with E-state index in [9.17, 15) is 4.79 Å². The number of hydrogen-bond donors (Lipinski definition) is 1. The lowest BCUT2D eigenvalue weighted by atomic mass is 9.79. The van der Waals surface area contributed by atoms with Crippen LogP contribution in [-0.2, 0) is 5.54 Å². The zero-order valence-electron chi connectivity index (χ0n) is 9.55. The maximum atomic E-state index is 12.0. The molecule has 2 heterocycles. The first-order valence-corrected chi connectivity index (χ1v) is 6.02. The lowest BCUT2D eigenvalue weighted by Crippen LogP contribution is -2.41. The number of hydrogen-bond acceptors (Lipinski definition) is 2. The highest BCUT2D eigenvalue weighted by Gasteiger charge is 2.45. The van der Waals surface area contributed by atoms with Gasteiger partial charge in [0.25, 0.3) is 5.91 Å². The second-order valence-corrected chi connectivity index (χ2v) is 4.95. The molecule has 1 aliphatic carbocycles. The summed E-state index contributed by atoms with van der Waals surface area (Å²) < 4.78 is 0. The van der Waals surface area contributed by atoms with Crippen molar-refractivity contribution in [1.29, 1.82) is 0 Å². The van der Waals surface area contributed by atoms with Crippen LogP contribution in [-0.4, -0.2) is 10.9 Å². The van der Waals surface area contributed by atoms with Gasteiger partial charge in [-0.1, -0.05) is 19.3 Å². The molecule has 0 radical (unpaired) electrons. The quantitative estimate of drug-likeness (QED) is 0.723. The van der Waals surface area contributed by atoms with Crippen molar-refractivity contribution in [2.24, 2.45) is 0 Å². The number of aromatic nitrogens is 1. The van der Waals surface area contributed by atoms with Gasteiger partial charge in [-0.05, 0) is 31.4 Å². The normalized spacial score (nSPS) is 21.9. The Labute approximate surface area is 95.3 Å². The van der Waals surface area contributed by atoms with E-state index in [1.807, 2.05) is 19.2 Å². The van der Waals surface area contributed by atoms with Gasteiger partial charge in [-0.25, -0.2) is 0 Å². The number of rotatable bonds is 0. The Kier molecular flexibility index (Phi) is 2.03. The first-order valence-electron chi connectivity index (χ1n) is 6.02. The minimum atomic E-state index is -0.142. The third-order valence-electron chi connectivity index (χ3n) is 3.90. The number of amides is 1. The molecule has 2 aliphatic rings. The molecule has 1 amide bonds. The van der Waals surface area contributed by atoms with Gasteiger partial charge in [-0.3, -0.25) is 9.78 Å². The number of pyridine rings is 1. The monoisotopic (exact) mass is 216 g/mol. The van der Waals surface area contributed by atoms with Crippen LogP contribution in [0.1, 0.15) is 53.7 Å². The van der Waals surface area contributed by atoms with Crippen molar-refractivity contribution in [2.45, 2.75) is 44.6 Å². The topological polar surface area (TPSA) is 42.0 Å². The van der Waals surface area contributed by atoms with Gasteiger partial charge in [-0.15, -0.1) is 0 Å². The second-order valence-electron chi connectivity index (χ2n) is 4.95. The summed E-state index contributed by atoms with van der Waals surface area (Å²) in [5.41, 5.74) is 2.72. The van der Waals surface area contributed by atoms with Crippen molar-refractivity contribution in [3.8, 4) is 0 Å². The summed E-state index contributed by atoms with van der Waals surface area (Å²) in [6.45, 7) is 1.99. The van der Waals surface area contributed by atoms with E-state index >= 15 is 0 Å². The maximum Gasteiger partial charge on any atom is 0.254 e. The molecule has 1 aromatic heterocycles. The van der Waals surface area contributed by atoms with Gasteiger partial charge < -0.3 is 5.32 Å². The molecule has 3 heteroatoms. The van der Waals surface area contributed by atoms with Gasteiger partial charge in [0.2, 0.25) is 0 Å². The van der Waals surface area contributed by atoms with Crippen LogP contribution < -0.4 is 5.32 Å². The van der Waals surface area contributed by atoms with Crippen LogP contribution >= 0.6 is 0 Å². The van der Waals surface area contributed by atoms with E-state index in [0.717, 1.165) is 29.7 Å². The molecule has 3 rings (SSSR count). The molecule has 1 spiro atoms. The van der Waals surface area contributed by atoms with Gasteiger partial charge >= 0.3 is 0 Å². The smallest absolute Gasteiger partial charge is 0.254 e. The lowest BCUT2D eigenvalue weighted by Gasteiger charge is -2.33. The third kappa shape index (κ3) is 1.20. The number of carbonyl (C=O) groups is 1. The minimum Gasteiger partial charge on any atom is -0.341 e. The molecule has 84 valence electrons. The summed E-state index contributed by atoms with van der Waals surface area (Å²) in [7, 11) is 0. The van der Waals surface area contributed by atoms with Crippen molar-refractivity contribution in [2.75, 3.05) is 0 Å². The molecule has 3 nitrogen and oxygen atoms in total. The van der Waals surface area contributed by atoms with E-state index < -0.39 is 0 Å². The summed E-state index contributed by atoms with van der Waals surface area (Å²) >= 11 is 0. The predicted octanol–water partition coefficient (Wildman–Crippen LogP) is 2.29.